The molecule has 0 fully saturated rings. The van der Waals surface area contributed by atoms with Crippen molar-refractivity contribution in [1.82, 2.24) is 14.5 Å². The van der Waals surface area contributed by atoms with Crippen LogP contribution in [0, 0.1) is 6.07 Å². The van der Waals surface area contributed by atoms with Crippen molar-refractivity contribution in [2.75, 3.05) is 0 Å². The Labute approximate surface area is 291 Å². The van der Waals surface area contributed by atoms with Gasteiger partial charge in [-0.3, -0.25) is 9.55 Å². The topological polar surface area (TPSA) is 64.1 Å². The molecule has 48 heavy (non-hydrogen) atoms. The molecule has 0 aliphatic carbocycles. The number of nitrogens with zero attached hydrogens (tertiary/aromatic N) is 3. The molecule has 0 radical (unpaired) electrons. The van der Waals surface area contributed by atoms with Crippen molar-refractivity contribution >= 4 is 33.0 Å². The molecule has 9 rings (SSSR count). The first-order valence-corrected chi connectivity index (χ1v) is 15.5. The number of imidazole rings is 1. The van der Waals surface area contributed by atoms with Crippen LogP contribution in [-0.4, -0.2) is 19.6 Å². The third-order valence-corrected chi connectivity index (χ3v) is 8.68. The van der Waals surface area contributed by atoms with Gasteiger partial charge in [-0.05, 0) is 35.9 Å². The fourth-order valence-electron chi connectivity index (χ4n) is 6.51. The zero-order valence-corrected chi connectivity index (χ0v) is 27.7. The number of aromatic nitrogens is 3. The third-order valence-electron chi connectivity index (χ3n) is 8.68. The number of phenols is 1. The Balaban J connectivity index is 0.00000336. The smallest absolute Gasteiger partial charge is 0.148 e. The van der Waals surface area contributed by atoms with E-state index in [0.29, 0.717) is 17.0 Å². The van der Waals surface area contributed by atoms with Crippen LogP contribution in [0.3, 0.4) is 0 Å². The van der Waals surface area contributed by atoms with Gasteiger partial charge in [0, 0.05) is 55.4 Å². The summed E-state index contributed by atoms with van der Waals surface area (Å²) in [5, 5.41) is 13.5. The number of pyridine rings is 1. The van der Waals surface area contributed by atoms with Gasteiger partial charge in [-0.2, -0.15) is 0 Å². The van der Waals surface area contributed by atoms with Crippen LogP contribution in [0.1, 0.15) is 0 Å². The molecule has 0 atom stereocenters. The Morgan fingerprint density at radius 2 is 1.35 bits per heavy atom. The van der Waals surface area contributed by atoms with Gasteiger partial charge in [0.05, 0.1) is 22.3 Å². The van der Waals surface area contributed by atoms with Crippen molar-refractivity contribution in [3.05, 3.63) is 158 Å². The molecule has 0 spiro atoms. The van der Waals surface area contributed by atoms with Crippen LogP contribution in [0.2, 0.25) is 0 Å². The predicted molar refractivity (Wildman–Crippen MR) is 188 cm³/mol. The Morgan fingerprint density at radius 1 is 0.604 bits per heavy atom. The number of rotatable bonds is 5. The minimum Gasteiger partial charge on any atom is -0.507 e. The van der Waals surface area contributed by atoms with Gasteiger partial charge in [0.15, 0.2) is 0 Å². The van der Waals surface area contributed by atoms with Crippen LogP contribution in [0.15, 0.2) is 156 Å². The average molecular weight is 800 g/mol. The first-order chi connectivity index (χ1) is 23.2. The zero-order valence-electron chi connectivity index (χ0n) is 25.4. The third kappa shape index (κ3) is 4.92. The fourth-order valence-corrected chi connectivity index (χ4v) is 6.51. The standard InChI is InChI=1S/C42H26N3O2.Pt/c46-38-26-40-33(32-17-5-7-22-39(32)47-40)25-34(38)42-44-41-31(28-14-10-15-29(24-28)35-19-8-9-23-43-35)18-11-21-37(41)45(42)36-20-6-4-16-30(36)27-12-2-1-3-13-27;/h1-23,25-26,46H;/q-1;. The van der Waals surface area contributed by atoms with E-state index in [9.17, 15) is 5.11 Å². The molecule has 0 unspecified atom stereocenters. The predicted octanol–water partition coefficient (Wildman–Crippen LogP) is 10.5. The summed E-state index contributed by atoms with van der Waals surface area (Å²) in [7, 11) is 0. The molecule has 5 nitrogen and oxygen atoms in total. The molecule has 6 aromatic carbocycles. The van der Waals surface area contributed by atoms with Gasteiger partial charge in [-0.25, -0.2) is 4.98 Å². The number of hydrogen-bond donors (Lipinski definition) is 1. The van der Waals surface area contributed by atoms with Crippen LogP contribution in [0.4, 0.5) is 0 Å². The molecule has 232 valence electrons. The van der Waals surface area contributed by atoms with E-state index in [1.165, 1.54) is 0 Å². The molecule has 0 bridgehead atoms. The van der Waals surface area contributed by atoms with Crippen molar-refractivity contribution in [3.8, 4) is 56.3 Å². The maximum Gasteiger partial charge on any atom is 0.148 e. The summed E-state index contributed by atoms with van der Waals surface area (Å²) >= 11 is 0. The molecule has 6 heteroatoms. The monoisotopic (exact) mass is 799 g/mol. The number of aromatic hydroxyl groups is 1. The largest absolute Gasteiger partial charge is 0.507 e. The fraction of sp³-hybridized carbons (Fsp3) is 0. The molecule has 1 N–H and O–H groups in total. The van der Waals surface area contributed by atoms with Crippen LogP contribution in [0.25, 0.3) is 83.6 Å². The molecule has 9 aromatic rings. The van der Waals surface area contributed by atoms with Gasteiger partial charge in [0.25, 0.3) is 0 Å². The second-order valence-corrected chi connectivity index (χ2v) is 11.5. The van der Waals surface area contributed by atoms with Gasteiger partial charge in [-0.15, -0.1) is 29.8 Å². The molecule has 3 heterocycles. The van der Waals surface area contributed by atoms with E-state index < -0.39 is 0 Å². The number of para-hydroxylation sites is 3. The van der Waals surface area contributed by atoms with E-state index in [0.717, 1.165) is 66.6 Å². The van der Waals surface area contributed by atoms with E-state index in [4.69, 9.17) is 9.40 Å². The molecule has 0 aliphatic rings. The average Bonchev–Trinajstić information content (AvgIpc) is 3.70. The first-order valence-electron chi connectivity index (χ1n) is 15.5. The maximum atomic E-state index is 11.6. The number of benzene rings is 6. The molecule has 0 aliphatic heterocycles. The van der Waals surface area contributed by atoms with E-state index in [2.05, 4.69) is 70.2 Å². The van der Waals surface area contributed by atoms with Crippen molar-refractivity contribution < 1.29 is 30.6 Å². The van der Waals surface area contributed by atoms with E-state index in [1.54, 1.807) is 12.3 Å². The van der Waals surface area contributed by atoms with Gasteiger partial charge in [0.1, 0.15) is 22.7 Å². The second-order valence-electron chi connectivity index (χ2n) is 11.5. The quantitative estimate of drug-likeness (QED) is 0.176. The molecule has 3 aromatic heterocycles. The van der Waals surface area contributed by atoms with Crippen molar-refractivity contribution in [3.63, 3.8) is 0 Å². The molecule has 0 amide bonds. The number of phenolic OH excluding ortho intramolecular Hbond substituents is 1. The van der Waals surface area contributed by atoms with Crippen LogP contribution in [0.5, 0.6) is 5.75 Å². The van der Waals surface area contributed by atoms with Crippen molar-refractivity contribution in [2.24, 2.45) is 0 Å². The maximum absolute atomic E-state index is 11.6. The summed E-state index contributed by atoms with van der Waals surface area (Å²) in [5.41, 5.74) is 10.4. The Bertz CT molecular complexity index is 2590. The van der Waals surface area contributed by atoms with Gasteiger partial charge in [0.2, 0.25) is 0 Å². The Kier molecular flexibility index (Phi) is 7.47. The summed E-state index contributed by atoms with van der Waals surface area (Å²) in [6.45, 7) is 0. The minimum absolute atomic E-state index is 0. The molecule has 0 saturated heterocycles. The molecular formula is C42H26N3O2Pt-. The minimum atomic E-state index is 0. The van der Waals surface area contributed by atoms with Crippen LogP contribution < -0.4 is 0 Å². The van der Waals surface area contributed by atoms with Gasteiger partial charge < -0.3 is 9.52 Å². The second kappa shape index (κ2) is 12.1. The molecular weight excluding hydrogens is 774 g/mol. The van der Waals surface area contributed by atoms with Gasteiger partial charge in [-0.1, -0.05) is 102 Å². The number of fused-ring (bicyclic) bond motifs is 4. The van der Waals surface area contributed by atoms with Crippen LogP contribution in [-0.2, 0) is 21.1 Å². The zero-order chi connectivity index (χ0) is 31.3. The summed E-state index contributed by atoms with van der Waals surface area (Å²) in [6, 6.07) is 52.1. The first kappa shape index (κ1) is 29.6. The summed E-state index contributed by atoms with van der Waals surface area (Å²) in [4.78, 5) is 9.89. The summed E-state index contributed by atoms with van der Waals surface area (Å²) in [5.74, 6) is 0.719. The van der Waals surface area contributed by atoms with E-state index in [1.807, 2.05) is 84.9 Å². The SMILES string of the molecule is Oc1cc2oc3ccccc3c2cc1-c1nc2c(-c3[c-]c(-c4ccccn4)ccc3)cccc2n1-c1ccccc1-c1ccccc1.[Pt]. The summed E-state index contributed by atoms with van der Waals surface area (Å²) in [6.07, 6.45) is 1.79. The number of furan rings is 1. The Morgan fingerprint density at radius 3 is 2.23 bits per heavy atom. The molecule has 0 saturated carbocycles. The van der Waals surface area contributed by atoms with E-state index in [-0.39, 0.29) is 26.8 Å². The number of hydrogen-bond acceptors (Lipinski definition) is 4. The van der Waals surface area contributed by atoms with Crippen molar-refractivity contribution in [1.29, 1.82) is 0 Å². The Hall–Kier alpha value is -5.77. The van der Waals surface area contributed by atoms with Crippen LogP contribution >= 0.6 is 0 Å². The normalized spacial score (nSPS) is 11.2. The summed E-state index contributed by atoms with van der Waals surface area (Å²) < 4.78 is 8.26. The van der Waals surface area contributed by atoms with Crippen molar-refractivity contribution in [2.45, 2.75) is 0 Å². The van der Waals surface area contributed by atoms with E-state index >= 15 is 0 Å². The van der Waals surface area contributed by atoms with Gasteiger partial charge >= 0.3 is 0 Å².